The van der Waals surface area contributed by atoms with E-state index in [1.54, 1.807) is 0 Å². The van der Waals surface area contributed by atoms with Gasteiger partial charge in [0.15, 0.2) is 0 Å². The topological polar surface area (TPSA) is 26.3 Å². The molecule has 0 aromatic rings. The van der Waals surface area contributed by atoms with Gasteiger partial charge >= 0.3 is 5.97 Å². The van der Waals surface area contributed by atoms with E-state index in [9.17, 15) is 4.79 Å². The van der Waals surface area contributed by atoms with Crippen LogP contribution in [-0.4, -0.2) is 12.1 Å². The van der Waals surface area contributed by atoms with Gasteiger partial charge in [0.2, 0.25) is 0 Å². The fraction of sp³-hybridized carbons (Fsp3) is 0.967. The van der Waals surface area contributed by atoms with Crippen LogP contribution >= 0.6 is 0 Å². The van der Waals surface area contributed by atoms with E-state index in [0.29, 0.717) is 0 Å². The average molecular weight is 447 g/mol. The molecule has 0 bridgehead atoms. The Morgan fingerprint density at radius 3 is 1.91 bits per heavy atom. The van der Waals surface area contributed by atoms with Crippen molar-refractivity contribution in [1.29, 1.82) is 0 Å². The summed E-state index contributed by atoms with van der Waals surface area (Å²) in [6.07, 6.45) is 25.1. The predicted molar refractivity (Wildman–Crippen MR) is 136 cm³/mol. The first-order chi connectivity index (χ1) is 15.6. The Kier molecular flexibility index (Phi) is 11.4. The molecule has 186 valence electrons. The molecule has 0 aromatic carbocycles. The second-order valence-corrected chi connectivity index (χ2v) is 12.0. The summed E-state index contributed by atoms with van der Waals surface area (Å²) in [6, 6.07) is 0. The van der Waals surface area contributed by atoms with E-state index >= 15 is 0 Å². The van der Waals surface area contributed by atoms with Gasteiger partial charge in [0, 0.05) is 0 Å². The van der Waals surface area contributed by atoms with Crippen molar-refractivity contribution in [3.05, 3.63) is 0 Å². The SMILES string of the molecule is CCCCCC1CCC(OC(=O)C2CCC(C3CCC(CCCCC)CC3C)CC2)CC1. The molecule has 0 saturated heterocycles. The maximum Gasteiger partial charge on any atom is 0.309 e. The van der Waals surface area contributed by atoms with Crippen LogP contribution in [0.5, 0.6) is 0 Å². The Balaban J connectivity index is 1.32. The largest absolute Gasteiger partial charge is 0.462 e. The number of hydrogen-bond acceptors (Lipinski definition) is 2. The molecule has 2 heteroatoms. The van der Waals surface area contributed by atoms with Crippen molar-refractivity contribution >= 4 is 5.97 Å². The van der Waals surface area contributed by atoms with Gasteiger partial charge in [-0.15, -0.1) is 0 Å². The summed E-state index contributed by atoms with van der Waals surface area (Å²) in [5.41, 5.74) is 0. The Bertz CT molecular complexity index is 513. The zero-order valence-corrected chi connectivity index (χ0v) is 21.8. The van der Waals surface area contributed by atoms with Crippen molar-refractivity contribution in [3.8, 4) is 0 Å². The van der Waals surface area contributed by atoms with Gasteiger partial charge in [-0.05, 0) is 93.8 Å². The highest BCUT2D eigenvalue weighted by Crippen LogP contribution is 2.45. The van der Waals surface area contributed by atoms with Crippen molar-refractivity contribution in [2.75, 3.05) is 0 Å². The van der Waals surface area contributed by atoms with Gasteiger partial charge in [0.05, 0.1) is 5.92 Å². The first-order valence-corrected chi connectivity index (χ1v) is 14.8. The molecule has 0 spiro atoms. The van der Waals surface area contributed by atoms with E-state index in [0.717, 1.165) is 55.3 Å². The number of unbranched alkanes of at least 4 members (excludes halogenated alkanes) is 4. The van der Waals surface area contributed by atoms with Crippen LogP contribution in [0.25, 0.3) is 0 Å². The van der Waals surface area contributed by atoms with Gasteiger partial charge in [-0.2, -0.15) is 0 Å². The molecule has 3 aliphatic carbocycles. The van der Waals surface area contributed by atoms with Crippen molar-refractivity contribution in [3.63, 3.8) is 0 Å². The third-order valence-corrected chi connectivity index (χ3v) is 9.56. The maximum absolute atomic E-state index is 12.9. The first kappa shape index (κ1) is 26.1. The monoisotopic (exact) mass is 446 g/mol. The molecule has 3 fully saturated rings. The number of carbonyl (C=O) groups is 1. The summed E-state index contributed by atoms with van der Waals surface area (Å²) in [7, 11) is 0. The molecule has 0 aliphatic heterocycles. The molecule has 0 amide bonds. The molecule has 3 unspecified atom stereocenters. The summed E-state index contributed by atoms with van der Waals surface area (Å²) in [6.45, 7) is 7.12. The second-order valence-electron chi connectivity index (χ2n) is 12.0. The molecular formula is C30H54O2. The molecule has 32 heavy (non-hydrogen) atoms. The quantitative estimate of drug-likeness (QED) is 0.233. The molecule has 3 atom stereocenters. The highest BCUT2D eigenvalue weighted by molar-refractivity contribution is 5.72. The third-order valence-electron chi connectivity index (χ3n) is 9.56. The second kappa shape index (κ2) is 14.0. The van der Waals surface area contributed by atoms with E-state index in [2.05, 4.69) is 20.8 Å². The molecule has 2 nitrogen and oxygen atoms in total. The summed E-state index contributed by atoms with van der Waals surface area (Å²) in [5.74, 6) is 4.87. The highest BCUT2D eigenvalue weighted by Gasteiger charge is 2.37. The standard InChI is InChI=1S/C30H54O2/c1-4-6-8-10-24-12-19-28(20-13-24)32-30(31)27-17-15-26(16-18-27)29-21-14-25(22-23(29)3)11-9-7-5-2/h23-29H,4-22H2,1-3H3. The number of rotatable bonds is 11. The molecule has 0 aromatic heterocycles. The molecule has 3 saturated carbocycles. The van der Waals surface area contributed by atoms with Crippen LogP contribution in [0.4, 0.5) is 0 Å². The lowest BCUT2D eigenvalue weighted by Gasteiger charge is -2.41. The molecule has 0 N–H and O–H groups in total. The van der Waals surface area contributed by atoms with Crippen LogP contribution in [0.2, 0.25) is 0 Å². The van der Waals surface area contributed by atoms with E-state index in [1.807, 2.05) is 0 Å². The van der Waals surface area contributed by atoms with Gasteiger partial charge in [-0.3, -0.25) is 4.79 Å². The maximum atomic E-state index is 12.9. The smallest absolute Gasteiger partial charge is 0.309 e. The lowest BCUT2D eigenvalue weighted by molar-refractivity contribution is -0.157. The minimum absolute atomic E-state index is 0.144. The molecule has 3 aliphatic rings. The number of carbonyl (C=O) groups excluding carboxylic acids is 1. The predicted octanol–water partition coefficient (Wildman–Crippen LogP) is 9.11. The van der Waals surface area contributed by atoms with Crippen LogP contribution in [-0.2, 0) is 9.53 Å². The molecule has 0 radical (unpaired) electrons. The molecular weight excluding hydrogens is 392 g/mol. The lowest BCUT2D eigenvalue weighted by atomic mass is 9.64. The van der Waals surface area contributed by atoms with Crippen molar-refractivity contribution in [2.45, 2.75) is 149 Å². The summed E-state index contributed by atoms with van der Waals surface area (Å²) >= 11 is 0. The van der Waals surface area contributed by atoms with Crippen LogP contribution < -0.4 is 0 Å². The van der Waals surface area contributed by atoms with Gasteiger partial charge in [-0.1, -0.05) is 78.6 Å². The van der Waals surface area contributed by atoms with E-state index in [-0.39, 0.29) is 18.0 Å². The number of hydrogen-bond donors (Lipinski definition) is 0. The minimum Gasteiger partial charge on any atom is -0.462 e. The summed E-state index contributed by atoms with van der Waals surface area (Å²) in [5, 5.41) is 0. The Morgan fingerprint density at radius 1 is 0.719 bits per heavy atom. The van der Waals surface area contributed by atoms with Gasteiger partial charge < -0.3 is 4.74 Å². The Morgan fingerprint density at radius 2 is 1.31 bits per heavy atom. The van der Waals surface area contributed by atoms with Gasteiger partial charge in [0.1, 0.15) is 6.10 Å². The average Bonchev–Trinajstić information content (AvgIpc) is 2.81. The zero-order chi connectivity index (χ0) is 22.8. The number of ether oxygens (including phenoxy) is 1. The number of esters is 1. The van der Waals surface area contributed by atoms with Crippen molar-refractivity contribution < 1.29 is 9.53 Å². The third kappa shape index (κ3) is 8.05. The van der Waals surface area contributed by atoms with Gasteiger partial charge in [-0.25, -0.2) is 0 Å². The van der Waals surface area contributed by atoms with E-state index in [4.69, 9.17) is 4.74 Å². The van der Waals surface area contributed by atoms with Crippen LogP contribution in [0.1, 0.15) is 143 Å². The van der Waals surface area contributed by atoms with Crippen LogP contribution in [0.15, 0.2) is 0 Å². The fourth-order valence-corrected chi connectivity index (χ4v) is 7.44. The summed E-state index contributed by atoms with van der Waals surface area (Å²) < 4.78 is 6.03. The first-order valence-electron chi connectivity index (χ1n) is 14.8. The van der Waals surface area contributed by atoms with E-state index in [1.165, 1.54) is 96.3 Å². The molecule has 3 rings (SSSR count). The van der Waals surface area contributed by atoms with Crippen molar-refractivity contribution in [2.24, 2.45) is 35.5 Å². The van der Waals surface area contributed by atoms with Crippen LogP contribution in [0, 0.1) is 35.5 Å². The minimum atomic E-state index is 0.144. The van der Waals surface area contributed by atoms with Crippen molar-refractivity contribution in [1.82, 2.24) is 0 Å². The normalized spacial score (nSPS) is 36.0. The van der Waals surface area contributed by atoms with Crippen LogP contribution in [0.3, 0.4) is 0 Å². The fourth-order valence-electron chi connectivity index (χ4n) is 7.44. The van der Waals surface area contributed by atoms with E-state index < -0.39 is 0 Å². The summed E-state index contributed by atoms with van der Waals surface area (Å²) in [4.78, 5) is 12.9. The van der Waals surface area contributed by atoms with Gasteiger partial charge in [0.25, 0.3) is 0 Å². The highest BCUT2D eigenvalue weighted by atomic mass is 16.5. The lowest BCUT2D eigenvalue weighted by Crippen LogP contribution is -2.34. The Hall–Kier alpha value is -0.530. The molecule has 0 heterocycles. The Labute approximate surface area is 200 Å². The zero-order valence-electron chi connectivity index (χ0n) is 21.8.